The van der Waals surface area contributed by atoms with Crippen LogP contribution in [0.2, 0.25) is 5.02 Å². The largest absolute Gasteiger partial charge is 0.496 e. The van der Waals surface area contributed by atoms with Crippen molar-refractivity contribution >= 4 is 29.5 Å². The number of methoxy groups -OCH3 is 1. The molecule has 2 aromatic rings. The number of aldehydes is 1. The molecule has 7 nitrogen and oxygen atoms in total. The summed E-state index contributed by atoms with van der Waals surface area (Å²) < 4.78 is 31.4. The Kier molecular flexibility index (Phi) is 9.65. The fourth-order valence-corrected chi connectivity index (χ4v) is 4.06. The van der Waals surface area contributed by atoms with Gasteiger partial charge in [-0.3, -0.25) is 4.79 Å². The molecule has 9 heteroatoms. The highest BCUT2D eigenvalue weighted by molar-refractivity contribution is 6.30. The Morgan fingerprint density at radius 3 is 2.77 bits per heavy atom. The molecule has 188 valence electrons. The number of hydrogen-bond donors (Lipinski definition) is 1. The van der Waals surface area contributed by atoms with Crippen LogP contribution in [0, 0.1) is 5.82 Å². The second kappa shape index (κ2) is 12.7. The summed E-state index contributed by atoms with van der Waals surface area (Å²) in [6.45, 7) is 2.64. The van der Waals surface area contributed by atoms with E-state index in [-0.39, 0.29) is 36.5 Å². The Morgan fingerprint density at radius 1 is 1.31 bits per heavy atom. The van der Waals surface area contributed by atoms with Crippen LogP contribution in [0.4, 0.5) is 10.1 Å². The first-order chi connectivity index (χ1) is 16.8. The number of carbonyl (C=O) groups is 2. The number of ether oxygens (including phenoxy) is 3. The van der Waals surface area contributed by atoms with Gasteiger partial charge >= 0.3 is 5.97 Å². The summed E-state index contributed by atoms with van der Waals surface area (Å²) in [4.78, 5) is 25.2. The van der Waals surface area contributed by atoms with Crippen molar-refractivity contribution in [2.24, 2.45) is 0 Å². The molecule has 0 aliphatic carbocycles. The van der Waals surface area contributed by atoms with Crippen LogP contribution in [0.5, 0.6) is 5.75 Å². The number of carbonyl (C=O) groups excluding carboxylic acids is 1. The number of hydrogen-bond acceptors (Lipinski definition) is 6. The van der Waals surface area contributed by atoms with Crippen LogP contribution in [-0.4, -0.2) is 50.5 Å². The van der Waals surface area contributed by atoms with Gasteiger partial charge < -0.3 is 24.2 Å². The summed E-state index contributed by atoms with van der Waals surface area (Å²) in [6.07, 6.45) is 4.80. The molecule has 0 saturated carbocycles. The van der Waals surface area contributed by atoms with E-state index in [2.05, 4.69) is 0 Å². The number of carboxylic acid groups (broad SMARTS) is 1. The smallest absolute Gasteiger partial charge is 0.332 e. The fraction of sp³-hybridized carbons (Fsp3) is 0.385. The third-order valence-corrected chi connectivity index (χ3v) is 6.03. The Morgan fingerprint density at radius 2 is 2.11 bits per heavy atom. The second-order valence-electron chi connectivity index (χ2n) is 8.21. The Balaban J connectivity index is 1.93. The molecule has 1 N–H and O–H groups in total. The van der Waals surface area contributed by atoms with Crippen molar-refractivity contribution in [2.75, 3.05) is 31.8 Å². The number of benzene rings is 2. The minimum atomic E-state index is -1.08. The normalized spacial score (nSPS) is 16.1. The van der Waals surface area contributed by atoms with Gasteiger partial charge in [0.1, 0.15) is 11.6 Å². The molecule has 35 heavy (non-hydrogen) atoms. The maximum absolute atomic E-state index is 14.5. The van der Waals surface area contributed by atoms with Crippen molar-refractivity contribution in [1.82, 2.24) is 0 Å². The lowest BCUT2D eigenvalue weighted by Crippen LogP contribution is -2.29. The second-order valence-corrected chi connectivity index (χ2v) is 8.62. The molecule has 1 aliphatic heterocycles. The molecule has 0 bridgehead atoms. The third-order valence-electron chi connectivity index (χ3n) is 5.74. The number of carboxylic acids is 1. The molecule has 1 heterocycles. The van der Waals surface area contributed by atoms with E-state index in [9.17, 15) is 19.1 Å². The van der Waals surface area contributed by atoms with Crippen molar-refractivity contribution in [3.05, 3.63) is 69.6 Å². The minimum Gasteiger partial charge on any atom is -0.496 e. The first-order valence-corrected chi connectivity index (χ1v) is 11.7. The van der Waals surface area contributed by atoms with Gasteiger partial charge in [0.25, 0.3) is 0 Å². The molecule has 0 aromatic heterocycles. The van der Waals surface area contributed by atoms with Crippen LogP contribution in [0.25, 0.3) is 0 Å². The van der Waals surface area contributed by atoms with Gasteiger partial charge in [0, 0.05) is 37.4 Å². The molecular formula is C26H29ClFNO6. The van der Waals surface area contributed by atoms with Crippen LogP contribution in [0.15, 0.2) is 42.1 Å². The lowest BCUT2D eigenvalue weighted by molar-refractivity contribution is -0.160. The first-order valence-electron chi connectivity index (χ1n) is 11.3. The zero-order valence-electron chi connectivity index (χ0n) is 19.8. The molecule has 1 saturated heterocycles. The Hall–Kier alpha value is -2.94. The zero-order valence-corrected chi connectivity index (χ0v) is 20.5. The van der Waals surface area contributed by atoms with E-state index in [0.717, 1.165) is 19.3 Å². The van der Waals surface area contributed by atoms with Gasteiger partial charge in [-0.05, 0) is 49.4 Å². The van der Waals surface area contributed by atoms with Crippen LogP contribution in [0.1, 0.15) is 47.7 Å². The van der Waals surface area contributed by atoms with Crippen molar-refractivity contribution in [1.29, 1.82) is 0 Å². The average molecular weight is 506 g/mol. The summed E-state index contributed by atoms with van der Waals surface area (Å²) in [7, 11) is 1.48. The van der Waals surface area contributed by atoms with E-state index < -0.39 is 11.8 Å². The molecule has 3 rings (SSSR count). The van der Waals surface area contributed by atoms with Crippen LogP contribution < -0.4 is 9.64 Å². The SMILES string of the molecule is COc1cc(N(C=C(C)C(=O)O)CCOC2CCCCO2)c(C=O)cc1Cc1cccc(Cl)c1F. The van der Waals surface area contributed by atoms with Crippen molar-refractivity contribution in [3.8, 4) is 5.75 Å². The van der Waals surface area contributed by atoms with Gasteiger partial charge in [-0.15, -0.1) is 0 Å². The summed E-state index contributed by atoms with van der Waals surface area (Å²) in [5.74, 6) is -1.19. The van der Waals surface area contributed by atoms with Gasteiger partial charge in [0.2, 0.25) is 0 Å². The molecule has 1 unspecified atom stereocenters. The van der Waals surface area contributed by atoms with Gasteiger partial charge in [0.15, 0.2) is 12.6 Å². The van der Waals surface area contributed by atoms with E-state index in [1.54, 1.807) is 29.2 Å². The quantitative estimate of drug-likeness (QED) is 0.330. The molecule has 1 atom stereocenters. The number of nitrogens with zero attached hydrogens (tertiary/aromatic N) is 1. The lowest BCUT2D eigenvalue weighted by Gasteiger charge is -2.27. The Labute approximate surface area is 209 Å². The van der Waals surface area contributed by atoms with E-state index in [1.165, 1.54) is 26.3 Å². The summed E-state index contributed by atoms with van der Waals surface area (Å²) >= 11 is 5.91. The highest BCUT2D eigenvalue weighted by Gasteiger charge is 2.19. The maximum atomic E-state index is 14.5. The predicted molar refractivity (Wildman–Crippen MR) is 131 cm³/mol. The van der Waals surface area contributed by atoms with E-state index in [1.807, 2.05) is 0 Å². The maximum Gasteiger partial charge on any atom is 0.332 e. The molecule has 0 spiro atoms. The van der Waals surface area contributed by atoms with Gasteiger partial charge in [0.05, 0.1) is 30.0 Å². The van der Waals surface area contributed by atoms with Crippen LogP contribution in [-0.2, 0) is 20.7 Å². The van der Waals surface area contributed by atoms with Crippen molar-refractivity contribution in [2.45, 2.75) is 38.9 Å². The van der Waals surface area contributed by atoms with Crippen molar-refractivity contribution < 1.29 is 33.3 Å². The van der Waals surface area contributed by atoms with Crippen molar-refractivity contribution in [3.63, 3.8) is 0 Å². The topological polar surface area (TPSA) is 85.3 Å². The van der Waals surface area contributed by atoms with Crippen LogP contribution in [0.3, 0.4) is 0 Å². The molecular weight excluding hydrogens is 477 g/mol. The first kappa shape index (κ1) is 26.7. The molecule has 1 aliphatic rings. The molecule has 2 aromatic carbocycles. The average Bonchev–Trinajstić information content (AvgIpc) is 2.86. The van der Waals surface area contributed by atoms with E-state index in [4.69, 9.17) is 25.8 Å². The highest BCUT2D eigenvalue weighted by Crippen LogP contribution is 2.32. The molecule has 0 radical (unpaired) electrons. The zero-order chi connectivity index (χ0) is 25.4. The fourth-order valence-electron chi connectivity index (χ4n) is 3.86. The summed E-state index contributed by atoms with van der Waals surface area (Å²) in [5.41, 5.74) is 1.78. The summed E-state index contributed by atoms with van der Waals surface area (Å²) in [6, 6.07) is 7.99. The van der Waals surface area contributed by atoms with Gasteiger partial charge in [-0.25, -0.2) is 9.18 Å². The molecule has 0 amide bonds. The highest BCUT2D eigenvalue weighted by atomic mass is 35.5. The number of rotatable bonds is 11. The number of aliphatic carboxylic acids is 1. The minimum absolute atomic E-state index is 0.0103. The number of anilines is 1. The summed E-state index contributed by atoms with van der Waals surface area (Å²) in [5, 5.41) is 9.41. The van der Waals surface area contributed by atoms with Gasteiger partial charge in [-0.2, -0.15) is 0 Å². The lowest BCUT2D eigenvalue weighted by atomic mass is 10.00. The van der Waals surface area contributed by atoms with Crippen LogP contribution >= 0.6 is 11.6 Å². The number of halogens is 2. The van der Waals surface area contributed by atoms with Gasteiger partial charge in [-0.1, -0.05) is 23.7 Å². The Bertz CT molecular complexity index is 1080. The monoisotopic (exact) mass is 505 g/mol. The standard InChI is InChI=1S/C26H29ClFNO6/c1-17(26(31)32)15-29(9-11-35-24-8-3-4-10-34-24)22-14-23(33-2)19(13-20(22)16-30)12-18-6-5-7-21(27)25(18)28/h5-7,13-16,24H,3-4,8-12H2,1-2H3,(H,31,32). The van der Waals surface area contributed by atoms with E-state index >= 15 is 0 Å². The third kappa shape index (κ3) is 7.04. The predicted octanol–water partition coefficient (Wildman–Crippen LogP) is 5.23. The van der Waals surface area contributed by atoms with E-state index in [0.29, 0.717) is 41.0 Å². The molecule has 1 fully saturated rings.